The molecule has 0 N–H and O–H groups in total. The van der Waals surface area contributed by atoms with Gasteiger partial charge in [-0.2, -0.15) is 5.26 Å². The molecule has 0 aliphatic carbocycles. The molecule has 0 amide bonds. The van der Waals surface area contributed by atoms with Crippen molar-refractivity contribution in [2.24, 2.45) is 0 Å². The van der Waals surface area contributed by atoms with Gasteiger partial charge in [0.1, 0.15) is 17.5 Å². The number of carbonyl (C=O) groups is 1. The normalized spacial score (nSPS) is 10.6. The van der Waals surface area contributed by atoms with Crippen molar-refractivity contribution in [2.45, 2.75) is 0 Å². The first kappa shape index (κ1) is 10.9. The van der Waals surface area contributed by atoms with E-state index in [-0.39, 0.29) is 11.1 Å². The molecule has 0 saturated carbocycles. The van der Waals surface area contributed by atoms with Crippen LogP contribution in [0.25, 0.3) is 6.08 Å². The molecular formula is C10H7FN2O2. The van der Waals surface area contributed by atoms with Crippen molar-refractivity contribution >= 4 is 12.0 Å². The summed E-state index contributed by atoms with van der Waals surface area (Å²) >= 11 is 0. The van der Waals surface area contributed by atoms with Crippen LogP contribution in [0.3, 0.4) is 0 Å². The number of aromatic nitrogens is 1. The lowest BCUT2D eigenvalue weighted by Crippen LogP contribution is -2.02. The zero-order chi connectivity index (χ0) is 11.3. The largest absolute Gasteiger partial charge is 0.465 e. The van der Waals surface area contributed by atoms with Crippen molar-refractivity contribution in [2.75, 3.05) is 7.11 Å². The number of ether oxygens (including phenoxy) is 1. The summed E-state index contributed by atoms with van der Waals surface area (Å²) in [7, 11) is 1.15. The topological polar surface area (TPSA) is 63.0 Å². The molecule has 15 heavy (non-hydrogen) atoms. The number of rotatable bonds is 2. The van der Waals surface area contributed by atoms with Gasteiger partial charge in [0, 0.05) is 11.8 Å². The quantitative estimate of drug-likeness (QED) is 0.415. The van der Waals surface area contributed by atoms with Crippen LogP contribution in [0.4, 0.5) is 4.39 Å². The van der Waals surface area contributed by atoms with Gasteiger partial charge in [-0.25, -0.2) is 9.18 Å². The average molecular weight is 206 g/mol. The second-order valence-corrected chi connectivity index (χ2v) is 2.56. The zero-order valence-corrected chi connectivity index (χ0v) is 7.90. The fraction of sp³-hybridized carbons (Fsp3) is 0.100. The minimum absolute atomic E-state index is 0.118. The number of hydrogen-bond acceptors (Lipinski definition) is 4. The number of esters is 1. The van der Waals surface area contributed by atoms with Crippen LogP contribution in [-0.4, -0.2) is 18.1 Å². The molecule has 0 atom stereocenters. The summed E-state index contributed by atoms with van der Waals surface area (Å²) in [6, 6.07) is 2.98. The molecule has 76 valence electrons. The molecule has 0 saturated heterocycles. The third kappa shape index (κ3) is 2.61. The van der Waals surface area contributed by atoms with E-state index in [1.54, 1.807) is 6.07 Å². The number of nitriles is 1. The van der Waals surface area contributed by atoms with Crippen LogP contribution < -0.4 is 0 Å². The minimum atomic E-state index is -0.797. The molecule has 0 radical (unpaired) electrons. The first-order valence-electron chi connectivity index (χ1n) is 3.98. The molecular weight excluding hydrogens is 199 g/mol. The summed E-state index contributed by atoms with van der Waals surface area (Å²) < 4.78 is 17.4. The van der Waals surface area contributed by atoms with E-state index in [4.69, 9.17) is 5.26 Å². The molecule has 0 spiro atoms. The van der Waals surface area contributed by atoms with E-state index in [9.17, 15) is 9.18 Å². The Hall–Kier alpha value is -2.22. The summed E-state index contributed by atoms with van der Waals surface area (Å²) in [5, 5.41) is 8.62. The highest BCUT2D eigenvalue weighted by molar-refractivity contribution is 5.97. The first-order chi connectivity index (χ1) is 7.19. The maximum Gasteiger partial charge on any atom is 0.348 e. The Balaban J connectivity index is 3.11. The minimum Gasteiger partial charge on any atom is -0.465 e. The van der Waals surface area contributed by atoms with Gasteiger partial charge in [0.2, 0.25) is 0 Å². The smallest absolute Gasteiger partial charge is 0.348 e. The van der Waals surface area contributed by atoms with Crippen molar-refractivity contribution < 1.29 is 13.9 Å². The lowest BCUT2D eigenvalue weighted by molar-refractivity contribution is -0.135. The zero-order valence-electron chi connectivity index (χ0n) is 7.90. The number of hydrogen-bond donors (Lipinski definition) is 0. The van der Waals surface area contributed by atoms with Crippen LogP contribution in [0.2, 0.25) is 0 Å². The van der Waals surface area contributed by atoms with Crippen molar-refractivity contribution in [3.05, 3.63) is 35.4 Å². The van der Waals surface area contributed by atoms with Crippen molar-refractivity contribution in [3.63, 3.8) is 0 Å². The molecule has 0 fully saturated rings. The summed E-state index contributed by atoms with van der Waals surface area (Å²) in [5.74, 6) is -1.40. The van der Waals surface area contributed by atoms with Crippen LogP contribution in [0, 0.1) is 17.1 Å². The fourth-order valence-electron chi connectivity index (χ4n) is 0.905. The van der Waals surface area contributed by atoms with Gasteiger partial charge in [-0.3, -0.25) is 4.98 Å². The molecule has 0 aromatic carbocycles. The van der Waals surface area contributed by atoms with Gasteiger partial charge in [-0.1, -0.05) is 0 Å². The van der Waals surface area contributed by atoms with Crippen LogP contribution >= 0.6 is 0 Å². The lowest BCUT2D eigenvalue weighted by atomic mass is 10.1. The first-order valence-corrected chi connectivity index (χ1v) is 3.98. The maximum atomic E-state index is 13.1. The number of nitrogens with zero attached hydrogens (tertiary/aromatic N) is 2. The molecule has 1 rings (SSSR count). The molecule has 1 aromatic rings. The van der Waals surface area contributed by atoms with Gasteiger partial charge in [0.05, 0.1) is 13.3 Å². The van der Waals surface area contributed by atoms with Gasteiger partial charge >= 0.3 is 5.97 Å². The molecule has 1 heterocycles. The average Bonchev–Trinajstić information content (AvgIpc) is 2.27. The molecule has 0 unspecified atom stereocenters. The number of carbonyl (C=O) groups excluding carboxylic acids is 1. The molecule has 4 nitrogen and oxygen atoms in total. The fourth-order valence-corrected chi connectivity index (χ4v) is 0.905. The van der Waals surface area contributed by atoms with Gasteiger partial charge in [-0.05, 0) is 12.1 Å². The highest BCUT2D eigenvalue weighted by Crippen LogP contribution is 2.10. The summed E-state index contributed by atoms with van der Waals surface area (Å²) in [6.45, 7) is 0. The highest BCUT2D eigenvalue weighted by Gasteiger charge is 2.09. The highest BCUT2D eigenvalue weighted by atomic mass is 19.1. The molecule has 0 bridgehead atoms. The number of halogens is 1. The van der Waals surface area contributed by atoms with E-state index in [2.05, 4.69) is 9.72 Å². The standard InChI is InChI=1S/C10H7FN2O2/c1-15-10(14)8(5-12)4-7-2-3-13-6-9(7)11/h2-4,6H,1H3/b8-4+. The SMILES string of the molecule is COC(=O)/C(C#N)=C/c1ccncc1F. The summed E-state index contributed by atoms with van der Waals surface area (Å²) in [4.78, 5) is 14.5. The monoisotopic (exact) mass is 206 g/mol. The molecule has 1 aromatic heterocycles. The van der Waals surface area contributed by atoms with Gasteiger partial charge < -0.3 is 4.74 Å². The maximum absolute atomic E-state index is 13.1. The van der Waals surface area contributed by atoms with Crippen molar-refractivity contribution in [1.29, 1.82) is 5.26 Å². The Kier molecular flexibility index (Phi) is 3.52. The van der Waals surface area contributed by atoms with Gasteiger partial charge in [-0.15, -0.1) is 0 Å². The molecule has 0 aliphatic heterocycles. The summed E-state index contributed by atoms with van der Waals surface area (Å²) in [5.41, 5.74) is -0.144. The van der Waals surface area contributed by atoms with E-state index in [0.717, 1.165) is 19.4 Å². The van der Waals surface area contributed by atoms with Crippen molar-refractivity contribution in [1.82, 2.24) is 4.98 Å². The van der Waals surface area contributed by atoms with Crippen LogP contribution in [0.15, 0.2) is 24.0 Å². The summed E-state index contributed by atoms with van der Waals surface area (Å²) in [6.07, 6.45) is 3.47. The predicted octanol–water partition coefficient (Wildman–Crippen LogP) is 1.30. The van der Waals surface area contributed by atoms with E-state index in [1.165, 1.54) is 12.3 Å². The van der Waals surface area contributed by atoms with Gasteiger partial charge in [0.25, 0.3) is 0 Å². The van der Waals surface area contributed by atoms with Crippen LogP contribution in [0.5, 0.6) is 0 Å². The van der Waals surface area contributed by atoms with E-state index in [1.807, 2.05) is 0 Å². The second kappa shape index (κ2) is 4.86. The Bertz CT molecular complexity index is 449. The Labute approximate surface area is 85.6 Å². The van der Waals surface area contributed by atoms with Crippen LogP contribution in [0.1, 0.15) is 5.56 Å². The lowest BCUT2D eigenvalue weighted by Gasteiger charge is -1.97. The number of methoxy groups -OCH3 is 1. The Morgan fingerprint density at radius 3 is 3.00 bits per heavy atom. The molecule has 0 aliphatic rings. The Morgan fingerprint density at radius 1 is 1.73 bits per heavy atom. The Morgan fingerprint density at radius 2 is 2.47 bits per heavy atom. The van der Waals surface area contributed by atoms with Gasteiger partial charge in [0.15, 0.2) is 0 Å². The molecule has 5 heteroatoms. The second-order valence-electron chi connectivity index (χ2n) is 2.56. The van der Waals surface area contributed by atoms with E-state index in [0.29, 0.717) is 0 Å². The van der Waals surface area contributed by atoms with Crippen molar-refractivity contribution in [3.8, 4) is 6.07 Å². The van der Waals surface area contributed by atoms with E-state index >= 15 is 0 Å². The predicted molar refractivity (Wildman–Crippen MR) is 49.8 cm³/mol. The van der Waals surface area contributed by atoms with E-state index < -0.39 is 11.8 Å². The third-order valence-corrected chi connectivity index (χ3v) is 1.63. The van der Waals surface area contributed by atoms with Crippen LogP contribution in [-0.2, 0) is 9.53 Å². The number of pyridine rings is 1. The third-order valence-electron chi connectivity index (χ3n) is 1.63.